The Balaban J connectivity index is 2.53. The number of amides is 1. The van der Waals surface area contributed by atoms with Gasteiger partial charge in [-0.25, -0.2) is 0 Å². The van der Waals surface area contributed by atoms with Crippen LogP contribution in [0.1, 0.15) is 28.6 Å². The van der Waals surface area contributed by atoms with Crippen LogP contribution in [0.2, 0.25) is 5.02 Å². The minimum atomic E-state index is -0.982. The molecule has 0 radical (unpaired) electrons. The van der Waals surface area contributed by atoms with E-state index >= 15 is 0 Å². The van der Waals surface area contributed by atoms with Crippen LogP contribution in [0.4, 0.5) is 0 Å². The highest BCUT2D eigenvalue weighted by Gasteiger charge is 2.22. The number of thiophene rings is 1. The number of aryl methyl sites for hydroxylation is 1. The van der Waals surface area contributed by atoms with Gasteiger partial charge >= 0.3 is 0 Å². The third-order valence-corrected chi connectivity index (χ3v) is 4.28. The quantitative estimate of drug-likeness (QED) is 0.845. The molecule has 0 aromatic carbocycles. The first-order valence-corrected chi connectivity index (χ1v) is 6.86. The lowest BCUT2D eigenvalue weighted by Gasteiger charge is -2.23. The first-order valence-electron chi connectivity index (χ1n) is 5.60. The van der Waals surface area contributed by atoms with E-state index in [2.05, 4.69) is 5.32 Å². The Morgan fingerprint density at radius 2 is 2.33 bits per heavy atom. The SMILES string of the molecule is COCCC(C)(O)CNC(=O)c1scc(C)c1Cl. The van der Waals surface area contributed by atoms with Crippen molar-refractivity contribution in [3.8, 4) is 0 Å². The number of nitrogens with one attached hydrogen (secondary N) is 1. The molecular formula is C12H18ClNO3S. The van der Waals surface area contributed by atoms with Crippen LogP contribution in [-0.4, -0.2) is 36.9 Å². The number of hydrogen-bond acceptors (Lipinski definition) is 4. The van der Waals surface area contributed by atoms with Gasteiger partial charge in [-0.2, -0.15) is 0 Å². The molecule has 1 amide bonds. The van der Waals surface area contributed by atoms with E-state index in [1.807, 2.05) is 12.3 Å². The molecule has 18 heavy (non-hydrogen) atoms. The molecule has 1 atom stereocenters. The fraction of sp³-hybridized carbons (Fsp3) is 0.583. The Kier molecular flexibility index (Phi) is 5.59. The normalized spacial score (nSPS) is 14.3. The van der Waals surface area contributed by atoms with Gasteiger partial charge in [-0.3, -0.25) is 4.79 Å². The van der Waals surface area contributed by atoms with E-state index in [4.69, 9.17) is 16.3 Å². The molecule has 1 rings (SSSR count). The highest BCUT2D eigenvalue weighted by molar-refractivity contribution is 7.13. The third kappa shape index (κ3) is 4.24. The van der Waals surface area contributed by atoms with Crippen LogP contribution in [0, 0.1) is 6.92 Å². The molecule has 0 aliphatic carbocycles. The molecule has 1 unspecified atom stereocenters. The minimum Gasteiger partial charge on any atom is -0.388 e. The molecule has 0 saturated carbocycles. The summed E-state index contributed by atoms with van der Waals surface area (Å²) in [7, 11) is 1.57. The summed E-state index contributed by atoms with van der Waals surface area (Å²) in [6, 6.07) is 0. The first kappa shape index (κ1) is 15.4. The number of aliphatic hydroxyl groups is 1. The van der Waals surface area contributed by atoms with Crippen molar-refractivity contribution in [2.24, 2.45) is 0 Å². The maximum absolute atomic E-state index is 11.9. The van der Waals surface area contributed by atoms with Crippen molar-refractivity contribution < 1.29 is 14.6 Å². The summed E-state index contributed by atoms with van der Waals surface area (Å²) >= 11 is 7.31. The molecule has 4 nitrogen and oxygen atoms in total. The Morgan fingerprint density at radius 1 is 1.67 bits per heavy atom. The number of carbonyl (C=O) groups is 1. The zero-order chi connectivity index (χ0) is 13.8. The van der Waals surface area contributed by atoms with Crippen molar-refractivity contribution in [3.63, 3.8) is 0 Å². The van der Waals surface area contributed by atoms with E-state index in [0.717, 1.165) is 5.56 Å². The smallest absolute Gasteiger partial charge is 0.262 e. The average Bonchev–Trinajstić information content (AvgIpc) is 2.65. The van der Waals surface area contributed by atoms with Gasteiger partial charge < -0.3 is 15.2 Å². The summed E-state index contributed by atoms with van der Waals surface area (Å²) in [5.41, 5.74) is -0.0947. The fourth-order valence-electron chi connectivity index (χ4n) is 1.34. The Bertz CT molecular complexity index is 417. The Hall–Kier alpha value is -0.620. The van der Waals surface area contributed by atoms with Gasteiger partial charge in [0, 0.05) is 26.7 Å². The van der Waals surface area contributed by atoms with Crippen LogP contribution in [-0.2, 0) is 4.74 Å². The van der Waals surface area contributed by atoms with Gasteiger partial charge in [0.15, 0.2) is 0 Å². The molecule has 0 bridgehead atoms. The maximum Gasteiger partial charge on any atom is 0.262 e. The number of methoxy groups -OCH3 is 1. The summed E-state index contributed by atoms with van der Waals surface area (Å²) in [5, 5.41) is 15.0. The zero-order valence-electron chi connectivity index (χ0n) is 10.7. The van der Waals surface area contributed by atoms with E-state index in [0.29, 0.717) is 22.9 Å². The second-order valence-electron chi connectivity index (χ2n) is 4.48. The molecule has 6 heteroatoms. The molecular weight excluding hydrogens is 274 g/mol. The maximum atomic E-state index is 11.9. The van der Waals surface area contributed by atoms with Crippen LogP contribution in [0.3, 0.4) is 0 Å². The highest BCUT2D eigenvalue weighted by Crippen LogP contribution is 2.26. The number of ether oxygens (including phenoxy) is 1. The zero-order valence-corrected chi connectivity index (χ0v) is 12.3. The van der Waals surface area contributed by atoms with E-state index in [9.17, 15) is 9.90 Å². The molecule has 1 aromatic heterocycles. The molecule has 0 aliphatic heterocycles. The molecule has 0 saturated heterocycles. The van der Waals surface area contributed by atoms with Crippen LogP contribution in [0.15, 0.2) is 5.38 Å². The van der Waals surface area contributed by atoms with E-state index in [1.165, 1.54) is 11.3 Å². The summed E-state index contributed by atoms with van der Waals surface area (Å²) in [5.74, 6) is -0.254. The minimum absolute atomic E-state index is 0.169. The van der Waals surface area contributed by atoms with Crippen molar-refractivity contribution in [3.05, 3.63) is 20.8 Å². The first-order chi connectivity index (χ1) is 8.37. The largest absolute Gasteiger partial charge is 0.388 e. The lowest BCUT2D eigenvalue weighted by atomic mass is 10.0. The van der Waals surface area contributed by atoms with E-state index < -0.39 is 5.60 Å². The van der Waals surface area contributed by atoms with Crippen molar-refractivity contribution >= 4 is 28.8 Å². The Labute approximate surface area is 116 Å². The van der Waals surface area contributed by atoms with Crippen molar-refractivity contribution in [2.45, 2.75) is 25.9 Å². The van der Waals surface area contributed by atoms with Gasteiger partial charge in [-0.05, 0) is 24.8 Å². The number of carbonyl (C=O) groups excluding carboxylic acids is 1. The molecule has 1 heterocycles. The topological polar surface area (TPSA) is 58.6 Å². The van der Waals surface area contributed by atoms with Crippen LogP contribution in [0.25, 0.3) is 0 Å². The van der Waals surface area contributed by atoms with Crippen LogP contribution in [0.5, 0.6) is 0 Å². The molecule has 102 valence electrons. The monoisotopic (exact) mass is 291 g/mol. The van der Waals surface area contributed by atoms with E-state index in [-0.39, 0.29) is 12.5 Å². The summed E-state index contributed by atoms with van der Waals surface area (Å²) in [4.78, 5) is 12.4. The summed E-state index contributed by atoms with van der Waals surface area (Å²) in [6.45, 7) is 4.13. The van der Waals surface area contributed by atoms with Crippen molar-refractivity contribution in [1.82, 2.24) is 5.32 Å². The summed E-state index contributed by atoms with van der Waals surface area (Å²) < 4.78 is 4.90. The molecule has 1 aromatic rings. The molecule has 2 N–H and O–H groups in total. The van der Waals surface area contributed by atoms with Gasteiger partial charge in [0.1, 0.15) is 4.88 Å². The fourth-order valence-corrected chi connectivity index (χ4v) is 2.54. The average molecular weight is 292 g/mol. The van der Waals surface area contributed by atoms with Crippen molar-refractivity contribution in [1.29, 1.82) is 0 Å². The molecule has 0 aliphatic rings. The third-order valence-electron chi connectivity index (χ3n) is 2.58. The number of halogens is 1. The second kappa shape index (κ2) is 6.52. The molecule has 0 spiro atoms. The van der Waals surface area contributed by atoms with Gasteiger partial charge in [-0.15, -0.1) is 11.3 Å². The van der Waals surface area contributed by atoms with Gasteiger partial charge in [0.05, 0.1) is 10.6 Å². The summed E-state index contributed by atoms with van der Waals surface area (Å²) in [6.07, 6.45) is 0.459. The lowest BCUT2D eigenvalue weighted by Crippen LogP contribution is -2.41. The van der Waals surface area contributed by atoms with Gasteiger partial charge in [-0.1, -0.05) is 11.6 Å². The van der Waals surface area contributed by atoms with Crippen LogP contribution < -0.4 is 5.32 Å². The molecule has 0 fully saturated rings. The highest BCUT2D eigenvalue weighted by atomic mass is 35.5. The van der Waals surface area contributed by atoms with Crippen LogP contribution >= 0.6 is 22.9 Å². The van der Waals surface area contributed by atoms with Gasteiger partial charge in [0.2, 0.25) is 0 Å². The lowest BCUT2D eigenvalue weighted by molar-refractivity contribution is 0.0244. The van der Waals surface area contributed by atoms with Gasteiger partial charge in [0.25, 0.3) is 5.91 Å². The van der Waals surface area contributed by atoms with E-state index in [1.54, 1.807) is 14.0 Å². The predicted octanol–water partition coefficient (Wildman–Crippen LogP) is 2.23. The standard InChI is InChI=1S/C12H18ClNO3S/c1-8-6-18-10(9(8)13)11(15)14-7-12(2,16)4-5-17-3/h6,16H,4-5,7H2,1-3H3,(H,14,15). The van der Waals surface area contributed by atoms with Crippen molar-refractivity contribution in [2.75, 3.05) is 20.3 Å². The predicted molar refractivity (Wildman–Crippen MR) is 73.5 cm³/mol. The Morgan fingerprint density at radius 3 is 2.83 bits per heavy atom. The number of rotatable bonds is 6. The second-order valence-corrected chi connectivity index (χ2v) is 5.74. The number of hydrogen-bond donors (Lipinski definition) is 2.